The molecule has 37 heavy (non-hydrogen) atoms. The summed E-state index contributed by atoms with van der Waals surface area (Å²) in [4.78, 5) is 43.6. The number of hydrogen-bond donors (Lipinski definition) is 1. The Bertz CT molecular complexity index is 1290. The number of fused-ring (bicyclic) bond motifs is 1. The third-order valence-corrected chi connectivity index (χ3v) is 8.39. The average Bonchev–Trinajstić information content (AvgIpc) is 3.30. The lowest BCUT2D eigenvalue weighted by atomic mass is 9.98. The van der Waals surface area contributed by atoms with Crippen molar-refractivity contribution in [3.05, 3.63) is 64.1 Å². The zero-order chi connectivity index (χ0) is 26.7. The molecule has 1 unspecified atom stereocenters. The molecule has 0 saturated carbocycles. The molecule has 1 N–H and O–H groups in total. The minimum absolute atomic E-state index is 0.151. The van der Waals surface area contributed by atoms with Crippen molar-refractivity contribution in [2.24, 2.45) is 5.92 Å². The van der Waals surface area contributed by atoms with Gasteiger partial charge in [-0.25, -0.2) is 0 Å². The molecule has 0 radical (unpaired) electrons. The Morgan fingerprint density at radius 1 is 1.05 bits per heavy atom. The standard InChI is InChI=1S/C29H33N3O3S2/c1-5-7-10-20(6-2)16-32-28(35)26(37-29(32)36)25-21-11-8-9-12-23(21)31(27(25)34)17-24(33)30-22-14-13-18(3)15-19(22)4/h8-9,11-15,20H,5-7,10,16-17H2,1-4H3,(H,30,33). The summed E-state index contributed by atoms with van der Waals surface area (Å²) in [5, 5.41) is 2.92. The number of amides is 3. The fourth-order valence-corrected chi connectivity index (χ4v) is 6.17. The number of benzene rings is 2. The SMILES string of the molecule is CCCCC(CC)CN1C(=O)C(=C2C(=O)N(CC(=O)Nc3ccc(C)cc3C)c3ccccc32)SC1=S. The normalized spacial score (nSPS) is 18.0. The highest BCUT2D eigenvalue weighted by Crippen LogP contribution is 2.44. The lowest BCUT2D eigenvalue weighted by Crippen LogP contribution is -2.36. The van der Waals surface area contributed by atoms with Gasteiger partial charge in [0.1, 0.15) is 10.9 Å². The first kappa shape index (κ1) is 27.1. The Balaban J connectivity index is 1.59. The molecule has 0 spiro atoms. The second-order valence-electron chi connectivity index (χ2n) is 9.68. The van der Waals surface area contributed by atoms with Gasteiger partial charge in [-0.3, -0.25) is 24.2 Å². The largest absolute Gasteiger partial charge is 0.324 e. The molecule has 8 heteroatoms. The smallest absolute Gasteiger partial charge is 0.267 e. The molecule has 3 amide bonds. The van der Waals surface area contributed by atoms with Crippen LogP contribution in [0.3, 0.4) is 0 Å². The third kappa shape index (κ3) is 5.65. The van der Waals surface area contributed by atoms with Crippen LogP contribution in [0.1, 0.15) is 56.2 Å². The minimum Gasteiger partial charge on any atom is -0.324 e. The van der Waals surface area contributed by atoms with E-state index in [-0.39, 0.29) is 24.3 Å². The van der Waals surface area contributed by atoms with Gasteiger partial charge in [0, 0.05) is 17.8 Å². The van der Waals surface area contributed by atoms with Crippen LogP contribution in [-0.4, -0.2) is 40.0 Å². The maximum atomic E-state index is 13.7. The molecule has 2 heterocycles. The molecule has 2 aromatic carbocycles. The van der Waals surface area contributed by atoms with Crippen LogP contribution in [0.25, 0.3) is 5.57 Å². The number of para-hydroxylation sites is 1. The molecule has 6 nitrogen and oxygen atoms in total. The Morgan fingerprint density at radius 2 is 1.81 bits per heavy atom. The van der Waals surface area contributed by atoms with E-state index in [4.69, 9.17) is 12.2 Å². The number of aryl methyl sites for hydroxylation is 2. The zero-order valence-corrected chi connectivity index (χ0v) is 23.4. The predicted octanol–water partition coefficient (Wildman–Crippen LogP) is 6.08. The van der Waals surface area contributed by atoms with E-state index in [0.29, 0.717) is 44.2 Å². The Kier molecular flexibility index (Phi) is 8.49. The minimum atomic E-state index is -0.351. The van der Waals surface area contributed by atoms with Gasteiger partial charge in [0.2, 0.25) is 5.91 Å². The van der Waals surface area contributed by atoms with Crippen molar-refractivity contribution in [1.29, 1.82) is 0 Å². The van der Waals surface area contributed by atoms with Crippen LogP contribution in [0, 0.1) is 19.8 Å². The number of carbonyl (C=O) groups excluding carboxylic acids is 3. The van der Waals surface area contributed by atoms with Gasteiger partial charge >= 0.3 is 0 Å². The van der Waals surface area contributed by atoms with Crippen molar-refractivity contribution in [3.63, 3.8) is 0 Å². The summed E-state index contributed by atoms with van der Waals surface area (Å²) in [5.41, 5.74) is 4.39. The Hall–Kier alpha value is -2.97. The van der Waals surface area contributed by atoms with Crippen molar-refractivity contribution in [2.75, 3.05) is 23.3 Å². The van der Waals surface area contributed by atoms with E-state index in [1.165, 1.54) is 16.7 Å². The highest BCUT2D eigenvalue weighted by Gasteiger charge is 2.42. The summed E-state index contributed by atoms with van der Waals surface area (Å²) in [5.74, 6) is -0.505. The van der Waals surface area contributed by atoms with Crippen molar-refractivity contribution < 1.29 is 14.4 Å². The fraction of sp³-hybridized carbons (Fsp3) is 0.379. The molecule has 2 aliphatic heterocycles. The van der Waals surface area contributed by atoms with Gasteiger partial charge in [-0.15, -0.1) is 0 Å². The molecule has 0 aliphatic carbocycles. The van der Waals surface area contributed by atoms with Crippen LogP contribution < -0.4 is 10.2 Å². The van der Waals surface area contributed by atoms with E-state index in [0.717, 1.165) is 36.8 Å². The first-order valence-corrected chi connectivity index (χ1v) is 14.0. The van der Waals surface area contributed by atoms with Crippen molar-refractivity contribution >= 4 is 63.0 Å². The number of nitrogens with one attached hydrogen (secondary N) is 1. The van der Waals surface area contributed by atoms with Gasteiger partial charge in [0.25, 0.3) is 11.8 Å². The number of hydrogen-bond acceptors (Lipinski definition) is 5. The summed E-state index contributed by atoms with van der Waals surface area (Å²) in [6.45, 7) is 8.64. The molecule has 1 fully saturated rings. The summed E-state index contributed by atoms with van der Waals surface area (Å²) < 4.78 is 0.485. The van der Waals surface area contributed by atoms with E-state index in [1.54, 1.807) is 4.90 Å². The van der Waals surface area contributed by atoms with E-state index in [1.807, 2.05) is 56.3 Å². The van der Waals surface area contributed by atoms with E-state index < -0.39 is 0 Å². The van der Waals surface area contributed by atoms with E-state index >= 15 is 0 Å². The molecular weight excluding hydrogens is 502 g/mol. The molecule has 2 aromatic rings. The first-order valence-electron chi connectivity index (χ1n) is 12.8. The van der Waals surface area contributed by atoms with Gasteiger partial charge in [0.15, 0.2) is 0 Å². The molecular formula is C29H33N3O3S2. The number of thiocarbonyl (C=S) groups is 1. The van der Waals surface area contributed by atoms with Gasteiger partial charge in [0.05, 0.1) is 16.2 Å². The second kappa shape index (κ2) is 11.6. The van der Waals surface area contributed by atoms with Gasteiger partial charge in [-0.1, -0.05) is 93.0 Å². The van der Waals surface area contributed by atoms with Gasteiger partial charge < -0.3 is 5.32 Å². The van der Waals surface area contributed by atoms with Crippen molar-refractivity contribution in [1.82, 2.24) is 4.90 Å². The topological polar surface area (TPSA) is 69.7 Å². The van der Waals surface area contributed by atoms with Gasteiger partial charge in [-0.05, 0) is 43.9 Å². The fourth-order valence-electron chi connectivity index (χ4n) is 4.83. The second-order valence-corrected chi connectivity index (χ2v) is 11.3. The molecule has 0 bridgehead atoms. The van der Waals surface area contributed by atoms with Crippen molar-refractivity contribution in [2.45, 2.75) is 53.4 Å². The molecule has 4 rings (SSSR count). The summed E-state index contributed by atoms with van der Waals surface area (Å²) in [7, 11) is 0. The Labute approximate surface area is 228 Å². The molecule has 2 aliphatic rings. The van der Waals surface area contributed by atoms with Crippen LogP contribution in [0.2, 0.25) is 0 Å². The van der Waals surface area contributed by atoms with Crippen LogP contribution in [-0.2, 0) is 14.4 Å². The molecule has 194 valence electrons. The van der Waals surface area contributed by atoms with Crippen LogP contribution in [0.5, 0.6) is 0 Å². The van der Waals surface area contributed by atoms with Gasteiger partial charge in [-0.2, -0.15) is 0 Å². The quantitative estimate of drug-likeness (QED) is 0.311. The number of thioether (sulfide) groups is 1. The summed E-state index contributed by atoms with van der Waals surface area (Å²) in [6.07, 6.45) is 4.23. The number of carbonyl (C=O) groups is 3. The average molecular weight is 536 g/mol. The Morgan fingerprint density at radius 3 is 2.51 bits per heavy atom. The highest BCUT2D eigenvalue weighted by atomic mass is 32.2. The monoisotopic (exact) mass is 535 g/mol. The maximum Gasteiger partial charge on any atom is 0.267 e. The number of unbranched alkanes of at least 4 members (excludes halogenated alkanes) is 1. The highest BCUT2D eigenvalue weighted by molar-refractivity contribution is 8.26. The third-order valence-electron chi connectivity index (χ3n) is 6.94. The molecule has 1 saturated heterocycles. The van der Waals surface area contributed by atoms with Crippen LogP contribution in [0.15, 0.2) is 47.4 Å². The van der Waals surface area contributed by atoms with Crippen LogP contribution >= 0.6 is 24.0 Å². The first-order chi connectivity index (χ1) is 17.7. The van der Waals surface area contributed by atoms with Crippen LogP contribution in [0.4, 0.5) is 11.4 Å². The number of anilines is 2. The van der Waals surface area contributed by atoms with E-state index in [9.17, 15) is 14.4 Å². The van der Waals surface area contributed by atoms with E-state index in [2.05, 4.69) is 19.2 Å². The number of nitrogens with zero attached hydrogens (tertiary/aromatic N) is 2. The lowest BCUT2D eigenvalue weighted by Gasteiger charge is -2.21. The molecule has 0 aromatic heterocycles. The summed E-state index contributed by atoms with van der Waals surface area (Å²) in [6, 6.07) is 13.1. The maximum absolute atomic E-state index is 13.7. The lowest BCUT2D eigenvalue weighted by molar-refractivity contribution is -0.123. The van der Waals surface area contributed by atoms with Crippen molar-refractivity contribution in [3.8, 4) is 0 Å². The molecule has 1 atom stereocenters. The predicted molar refractivity (Wildman–Crippen MR) is 155 cm³/mol. The summed E-state index contributed by atoms with van der Waals surface area (Å²) >= 11 is 6.77. The zero-order valence-electron chi connectivity index (χ0n) is 21.8. The number of rotatable bonds is 9.